The van der Waals surface area contributed by atoms with Gasteiger partial charge in [0.05, 0.1) is 5.69 Å². The zero-order chi connectivity index (χ0) is 14.5. The molecule has 0 spiro atoms. The van der Waals surface area contributed by atoms with Gasteiger partial charge in [-0.3, -0.25) is 10.3 Å². The number of nitrogens with one attached hydrogen (secondary N) is 3. The molecule has 0 aromatic heterocycles. The molecule has 0 saturated heterocycles. The van der Waals surface area contributed by atoms with Crippen molar-refractivity contribution in [2.75, 3.05) is 18.9 Å². The number of hydrogen-bond donors (Lipinski definition) is 3. The van der Waals surface area contributed by atoms with Crippen LogP contribution < -0.4 is 16.0 Å². The average Bonchev–Trinajstić information content (AvgIpc) is 3.25. The van der Waals surface area contributed by atoms with Gasteiger partial charge in [-0.05, 0) is 30.9 Å². The van der Waals surface area contributed by atoms with Crippen LogP contribution in [0.4, 0.5) is 19.3 Å². The molecule has 1 aromatic carbocycles. The number of carbonyl (C=O) groups excluding carboxylic acids is 1. The molecule has 116 valence electrons. The Morgan fingerprint density at radius 2 is 2.10 bits per heavy atom. The third kappa shape index (κ3) is 5.18. The molecule has 0 heterocycles. The van der Waals surface area contributed by atoms with E-state index in [1.807, 2.05) is 0 Å². The lowest BCUT2D eigenvalue weighted by Crippen LogP contribution is -2.41. The first kappa shape index (κ1) is 17.2. The van der Waals surface area contributed by atoms with Gasteiger partial charge in [0.2, 0.25) is 5.96 Å². The van der Waals surface area contributed by atoms with Crippen molar-refractivity contribution < 1.29 is 13.6 Å². The highest BCUT2D eigenvalue weighted by atomic mass is 35.5. The number of urea groups is 1. The van der Waals surface area contributed by atoms with Crippen molar-refractivity contribution in [2.24, 2.45) is 10.9 Å². The summed E-state index contributed by atoms with van der Waals surface area (Å²) in [5, 5.41) is 7.42. The van der Waals surface area contributed by atoms with Crippen LogP contribution in [-0.4, -0.2) is 25.6 Å². The molecule has 2 rings (SSSR count). The lowest BCUT2D eigenvalue weighted by Gasteiger charge is -2.12. The van der Waals surface area contributed by atoms with Gasteiger partial charge in [0, 0.05) is 13.6 Å². The van der Waals surface area contributed by atoms with Gasteiger partial charge in [0.25, 0.3) is 0 Å². The van der Waals surface area contributed by atoms with Crippen molar-refractivity contribution in [2.45, 2.75) is 12.8 Å². The summed E-state index contributed by atoms with van der Waals surface area (Å²) in [7, 11) is 1.45. The van der Waals surface area contributed by atoms with E-state index in [1.165, 1.54) is 19.2 Å². The molecule has 1 saturated carbocycles. The van der Waals surface area contributed by atoms with Crippen LogP contribution in [0.1, 0.15) is 12.8 Å². The van der Waals surface area contributed by atoms with Crippen molar-refractivity contribution in [3.8, 4) is 0 Å². The molecule has 1 fully saturated rings. The molecule has 0 radical (unpaired) electrons. The highest BCUT2D eigenvalue weighted by molar-refractivity contribution is 6.03. The number of nitrogens with zero attached hydrogens (tertiary/aromatic N) is 1. The lowest BCUT2D eigenvalue weighted by molar-refractivity contribution is 0.247. The van der Waals surface area contributed by atoms with Crippen molar-refractivity contribution in [1.82, 2.24) is 10.6 Å². The fraction of sp³-hybridized carbons (Fsp3) is 0.385. The predicted octanol–water partition coefficient (Wildman–Crippen LogP) is 2.49. The maximum Gasteiger partial charge on any atom is 0.321 e. The Morgan fingerprint density at radius 3 is 2.71 bits per heavy atom. The maximum absolute atomic E-state index is 13.6. The highest BCUT2D eigenvalue weighted by Crippen LogP contribution is 2.28. The molecule has 0 bridgehead atoms. The third-order valence-electron chi connectivity index (χ3n) is 2.87. The van der Waals surface area contributed by atoms with E-state index in [0.29, 0.717) is 12.5 Å². The fourth-order valence-electron chi connectivity index (χ4n) is 1.53. The minimum absolute atomic E-state index is 0. The number of carbonyl (C=O) groups is 1. The van der Waals surface area contributed by atoms with E-state index in [2.05, 4.69) is 20.9 Å². The SMILES string of the molecule is CNC(=O)NC(=NCC1CC1)Nc1cccc(F)c1F.Cl. The number of benzene rings is 1. The monoisotopic (exact) mass is 318 g/mol. The molecular weight excluding hydrogens is 302 g/mol. The molecule has 1 aromatic rings. The highest BCUT2D eigenvalue weighted by Gasteiger charge is 2.21. The molecule has 1 aliphatic carbocycles. The van der Waals surface area contributed by atoms with Gasteiger partial charge in [0.15, 0.2) is 11.6 Å². The minimum Gasteiger partial charge on any atom is -0.341 e. The summed E-state index contributed by atoms with van der Waals surface area (Å²) in [5.74, 6) is -1.36. The fourth-order valence-corrected chi connectivity index (χ4v) is 1.53. The lowest BCUT2D eigenvalue weighted by atomic mass is 10.3. The summed E-state index contributed by atoms with van der Waals surface area (Å²) in [6.45, 7) is 0.545. The number of guanidine groups is 1. The average molecular weight is 319 g/mol. The summed E-state index contributed by atoms with van der Waals surface area (Å²) in [4.78, 5) is 15.5. The number of hydrogen-bond acceptors (Lipinski definition) is 2. The maximum atomic E-state index is 13.6. The second-order valence-corrected chi connectivity index (χ2v) is 4.56. The topological polar surface area (TPSA) is 65.5 Å². The molecular formula is C13H17ClF2N4O. The van der Waals surface area contributed by atoms with E-state index in [9.17, 15) is 13.6 Å². The van der Waals surface area contributed by atoms with Gasteiger partial charge in [-0.2, -0.15) is 0 Å². The zero-order valence-electron chi connectivity index (χ0n) is 11.5. The molecule has 1 aliphatic rings. The summed E-state index contributed by atoms with van der Waals surface area (Å²) in [6, 6.07) is 3.28. The van der Waals surface area contributed by atoms with Crippen LogP contribution >= 0.6 is 12.4 Å². The van der Waals surface area contributed by atoms with Crippen molar-refractivity contribution in [3.05, 3.63) is 29.8 Å². The molecule has 21 heavy (non-hydrogen) atoms. The molecule has 3 N–H and O–H groups in total. The van der Waals surface area contributed by atoms with E-state index in [0.717, 1.165) is 18.9 Å². The molecule has 5 nitrogen and oxygen atoms in total. The standard InChI is InChI=1S/C13H16F2N4O.ClH/c1-16-13(20)19-12(17-7-8-5-6-8)18-10-4-2-3-9(14)11(10)15;/h2-4,8H,5-7H2,1H3,(H3,16,17,18,19,20);1H. The summed E-state index contributed by atoms with van der Waals surface area (Å²) in [6.07, 6.45) is 2.20. The second kappa shape index (κ2) is 7.78. The Morgan fingerprint density at radius 1 is 1.38 bits per heavy atom. The Kier molecular flexibility index (Phi) is 6.36. The van der Waals surface area contributed by atoms with Crippen molar-refractivity contribution >= 4 is 30.1 Å². The largest absolute Gasteiger partial charge is 0.341 e. The number of anilines is 1. The van der Waals surface area contributed by atoms with Crippen molar-refractivity contribution in [1.29, 1.82) is 0 Å². The summed E-state index contributed by atoms with van der Waals surface area (Å²) in [5.41, 5.74) is -0.0732. The van der Waals surface area contributed by atoms with Crippen LogP contribution in [0, 0.1) is 17.6 Å². The Labute approximate surface area is 127 Å². The van der Waals surface area contributed by atoms with E-state index >= 15 is 0 Å². The van der Waals surface area contributed by atoms with E-state index in [4.69, 9.17) is 0 Å². The molecule has 0 unspecified atom stereocenters. The third-order valence-corrected chi connectivity index (χ3v) is 2.87. The number of amides is 2. The first-order chi connectivity index (χ1) is 9.60. The quantitative estimate of drug-likeness (QED) is 0.592. The molecule has 2 amide bonds. The number of aliphatic imine (C=N–C) groups is 1. The van der Waals surface area contributed by atoms with Gasteiger partial charge in [-0.15, -0.1) is 12.4 Å². The summed E-state index contributed by atoms with van der Waals surface area (Å²) < 4.78 is 26.7. The Bertz CT molecular complexity index is 535. The smallest absolute Gasteiger partial charge is 0.321 e. The van der Waals surface area contributed by atoms with Gasteiger partial charge < -0.3 is 10.6 Å². The molecule has 0 atom stereocenters. The van der Waals surface area contributed by atoms with Crippen LogP contribution in [0.5, 0.6) is 0 Å². The molecule has 0 aliphatic heterocycles. The van der Waals surface area contributed by atoms with E-state index in [1.54, 1.807) is 0 Å². The van der Waals surface area contributed by atoms with E-state index in [-0.39, 0.29) is 24.1 Å². The number of rotatable bonds is 3. The Hall–Kier alpha value is -1.89. The van der Waals surface area contributed by atoms with Crippen molar-refractivity contribution in [3.63, 3.8) is 0 Å². The van der Waals surface area contributed by atoms with Crippen LogP contribution in [0.25, 0.3) is 0 Å². The zero-order valence-corrected chi connectivity index (χ0v) is 12.3. The van der Waals surface area contributed by atoms with Crippen LogP contribution in [0.3, 0.4) is 0 Å². The summed E-state index contributed by atoms with van der Waals surface area (Å²) >= 11 is 0. The van der Waals surface area contributed by atoms with Gasteiger partial charge in [0.1, 0.15) is 0 Å². The van der Waals surface area contributed by atoms with Gasteiger partial charge >= 0.3 is 6.03 Å². The second-order valence-electron chi connectivity index (χ2n) is 4.56. The van der Waals surface area contributed by atoms with Crippen LogP contribution in [-0.2, 0) is 0 Å². The first-order valence-corrected chi connectivity index (χ1v) is 6.34. The number of halogens is 3. The first-order valence-electron chi connectivity index (χ1n) is 6.34. The van der Waals surface area contributed by atoms with Crippen LogP contribution in [0.2, 0.25) is 0 Å². The van der Waals surface area contributed by atoms with Gasteiger partial charge in [-0.1, -0.05) is 6.07 Å². The Balaban J connectivity index is 0.00000220. The minimum atomic E-state index is -1.01. The van der Waals surface area contributed by atoms with Crippen LogP contribution in [0.15, 0.2) is 23.2 Å². The molecule has 8 heteroatoms. The predicted molar refractivity (Wildman–Crippen MR) is 79.8 cm³/mol. The normalized spacial score (nSPS) is 14.1. The van der Waals surface area contributed by atoms with Gasteiger partial charge in [-0.25, -0.2) is 13.6 Å². The van der Waals surface area contributed by atoms with E-state index < -0.39 is 17.7 Å².